The van der Waals surface area contributed by atoms with E-state index in [-0.39, 0.29) is 5.78 Å². The van der Waals surface area contributed by atoms with Gasteiger partial charge in [-0.3, -0.25) is 9.69 Å². The second-order valence-electron chi connectivity index (χ2n) is 3.88. The Bertz CT molecular complexity index is 342. The molecule has 1 heterocycles. The first-order valence-corrected chi connectivity index (χ1v) is 5.12. The van der Waals surface area contributed by atoms with Crippen LogP contribution in [0.1, 0.15) is 24.4 Å². The minimum atomic E-state index is -0.555. The third-order valence-electron chi connectivity index (χ3n) is 2.50. The normalized spacial score (nSPS) is 12.1. The van der Waals surface area contributed by atoms with Crippen molar-refractivity contribution in [1.82, 2.24) is 4.90 Å². The van der Waals surface area contributed by atoms with Gasteiger partial charge in [0, 0.05) is 0 Å². The van der Waals surface area contributed by atoms with Gasteiger partial charge in [-0.2, -0.15) is 0 Å². The molecule has 0 aliphatic heterocycles. The molecule has 78 valence electrons. The van der Waals surface area contributed by atoms with Crippen molar-refractivity contribution in [3.05, 3.63) is 22.6 Å². The molecule has 0 saturated carbocycles. The van der Waals surface area contributed by atoms with E-state index in [4.69, 9.17) is 4.42 Å². The van der Waals surface area contributed by atoms with Crippen molar-refractivity contribution in [2.45, 2.75) is 19.4 Å². The van der Waals surface area contributed by atoms with Gasteiger partial charge in [-0.15, -0.1) is 0 Å². The second kappa shape index (κ2) is 3.87. The highest BCUT2D eigenvalue weighted by Crippen LogP contribution is 2.24. The Kier molecular flexibility index (Phi) is 3.17. The number of halogens is 1. The van der Waals surface area contributed by atoms with E-state index < -0.39 is 5.54 Å². The van der Waals surface area contributed by atoms with Crippen LogP contribution in [0, 0.1) is 0 Å². The number of rotatable bonds is 3. The van der Waals surface area contributed by atoms with Gasteiger partial charge in [0.2, 0.25) is 5.78 Å². The monoisotopic (exact) mass is 259 g/mol. The van der Waals surface area contributed by atoms with Crippen molar-refractivity contribution in [2.24, 2.45) is 0 Å². The average molecular weight is 260 g/mol. The largest absolute Gasteiger partial charge is 0.460 e. The summed E-state index contributed by atoms with van der Waals surface area (Å²) in [7, 11) is 3.74. The molecule has 0 aromatic carbocycles. The maximum absolute atomic E-state index is 12.0. The molecule has 0 aliphatic rings. The molecule has 14 heavy (non-hydrogen) atoms. The van der Waals surface area contributed by atoms with E-state index in [0.29, 0.717) is 10.2 Å². The summed E-state index contributed by atoms with van der Waals surface area (Å²) in [5, 5.41) is 0. The van der Waals surface area contributed by atoms with Crippen LogP contribution in [0.15, 0.2) is 21.2 Å². The molecule has 1 aromatic rings. The van der Waals surface area contributed by atoms with Crippen LogP contribution in [0.4, 0.5) is 0 Å². The maximum atomic E-state index is 12.0. The summed E-state index contributed by atoms with van der Waals surface area (Å²) < 4.78 is 5.85. The number of hydrogen-bond acceptors (Lipinski definition) is 3. The van der Waals surface area contributed by atoms with Crippen molar-refractivity contribution in [3.8, 4) is 0 Å². The van der Waals surface area contributed by atoms with Crippen LogP contribution in [-0.4, -0.2) is 30.3 Å². The van der Waals surface area contributed by atoms with Crippen LogP contribution in [0.25, 0.3) is 0 Å². The molecule has 3 nitrogen and oxygen atoms in total. The molecule has 4 heteroatoms. The van der Waals surface area contributed by atoms with E-state index in [1.807, 2.05) is 32.8 Å². The molecule has 0 saturated heterocycles. The molecule has 0 bridgehead atoms. The molecule has 1 aromatic heterocycles. The number of ketones is 1. The Labute approximate surface area is 92.2 Å². The average Bonchev–Trinajstić information content (AvgIpc) is 2.49. The molecular weight excluding hydrogens is 246 g/mol. The summed E-state index contributed by atoms with van der Waals surface area (Å²) in [6, 6.07) is 1.72. The molecule has 0 fully saturated rings. The molecular formula is C10H14BrNO2. The number of Topliss-reactive ketones (excluding diaryl/α,β-unsaturated/α-hetero) is 1. The Morgan fingerprint density at radius 2 is 2.07 bits per heavy atom. The van der Waals surface area contributed by atoms with Crippen LogP contribution in [0.2, 0.25) is 0 Å². The Balaban J connectivity index is 3.02. The minimum Gasteiger partial charge on any atom is -0.460 e. The smallest absolute Gasteiger partial charge is 0.218 e. The SMILES string of the molecule is CN(C)C(C)(C)C(=O)c1occc1Br. The first kappa shape index (κ1) is 11.5. The second-order valence-corrected chi connectivity index (χ2v) is 4.73. The van der Waals surface area contributed by atoms with Gasteiger partial charge in [-0.25, -0.2) is 0 Å². The van der Waals surface area contributed by atoms with E-state index in [2.05, 4.69) is 15.9 Å². The van der Waals surface area contributed by atoms with Crippen molar-refractivity contribution in [2.75, 3.05) is 14.1 Å². The Hall–Kier alpha value is -0.610. The third-order valence-corrected chi connectivity index (χ3v) is 3.12. The lowest BCUT2D eigenvalue weighted by Gasteiger charge is -2.29. The summed E-state index contributed by atoms with van der Waals surface area (Å²) in [5.74, 6) is 0.350. The predicted molar refractivity (Wildman–Crippen MR) is 58.5 cm³/mol. The van der Waals surface area contributed by atoms with E-state index >= 15 is 0 Å². The van der Waals surface area contributed by atoms with Crippen LogP contribution in [0.5, 0.6) is 0 Å². The summed E-state index contributed by atoms with van der Waals surface area (Å²) in [6.07, 6.45) is 1.50. The molecule has 0 atom stereocenters. The minimum absolute atomic E-state index is 0.0284. The van der Waals surface area contributed by atoms with E-state index in [9.17, 15) is 4.79 Å². The van der Waals surface area contributed by atoms with Crippen LogP contribution < -0.4 is 0 Å². The van der Waals surface area contributed by atoms with E-state index in [1.54, 1.807) is 6.07 Å². The number of carbonyl (C=O) groups is 1. The molecule has 0 amide bonds. The lowest BCUT2D eigenvalue weighted by atomic mass is 9.96. The van der Waals surface area contributed by atoms with Crippen LogP contribution in [0.3, 0.4) is 0 Å². The van der Waals surface area contributed by atoms with Gasteiger partial charge in [-0.1, -0.05) is 0 Å². The number of hydrogen-bond donors (Lipinski definition) is 0. The fourth-order valence-corrected chi connectivity index (χ4v) is 1.32. The van der Waals surface area contributed by atoms with Crippen molar-refractivity contribution < 1.29 is 9.21 Å². The van der Waals surface area contributed by atoms with Crippen molar-refractivity contribution in [1.29, 1.82) is 0 Å². The third kappa shape index (κ3) is 1.91. The number of likely N-dealkylation sites (N-methyl/N-ethyl adjacent to an activating group) is 1. The van der Waals surface area contributed by atoms with E-state index in [0.717, 1.165) is 0 Å². The molecule has 1 rings (SSSR count). The first-order valence-electron chi connectivity index (χ1n) is 4.32. The summed E-state index contributed by atoms with van der Waals surface area (Å²) >= 11 is 3.28. The Morgan fingerprint density at radius 1 is 1.50 bits per heavy atom. The van der Waals surface area contributed by atoms with Gasteiger partial charge in [0.05, 0.1) is 16.3 Å². The fourth-order valence-electron chi connectivity index (χ4n) is 0.937. The highest BCUT2D eigenvalue weighted by Gasteiger charge is 2.33. The predicted octanol–water partition coefficient (Wildman–Crippen LogP) is 2.57. The van der Waals surface area contributed by atoms with Crippen molar-refractivity contribution >= 4 is 21.7 Å². The summed E-state index contributed by atoms with van der Waals surface area (Å²) in [4.78, 5) is 13.9. The van der Waals surface area contributed by atoms with E-state index in [1.165, 1.54) is 6.26 Å². The van der Waals surface area contributed by atoms with Gasteiger partial charge in [0.25, 0.3) is 0 Å². The van der Waals surface area contributed by atoms with Gasteiger partial charge in [0.1, 0.15) is 0 Å². The van der Waals surface area contributed by atoms with Gasteiger partial charge in [-0.05, 0) is 49.9 Å². The number of furan rings is 1. The lowest BCUT2D eigenvalue weighted by Crippen LogP contribution is -2.45. The maximum Gasteiger partial charge on any atom is 0.218 e. The highest BCUT2D eigenvalue weighted by atomic mass is 79.9. The van der Waals surface area contributed by atoms with Crippen LogP contribution in [-0.2, 0) is 0 Å². The molecule has 0 aliphatic carbocycles. The van der Waals surface area contributed by atoms with Gasteiger partial charge in [0.15, 0.2) is 5.76 Å². The zero-order chi connectivity index (χ0) is 10.9. The quantitative estimate of drug-likeness (QED) is 0.783. The fraction of sp³-hybridized carbons (Fsp3) is 0.500. The zero-order valence-electron chi connectivity index (χ0n) is 8.80. The molecule has 0 spiro atoms. The van der Waals surface area contributed by atoms with Gasteiger partial charge < -0.3 is 4.42 Å². The summed E-state index contributed by atoms with van der Waals surface area (Å²) in [6.45, 7) is 3.73. The lowest BCUT2D eigenvalue weighted by molar-refractivity contribution is 0.0724. The molecule has 0 N–H and O–H groups in total. The highest BCUT2D eigenvalue weighted by molar-refractivity contribution is 9.10. The number of carbonyl (C=O) groups excluding carboxylic acids is 1. The summed E-state index contributed by atoms with van der Waals surface area (Å²) in [5.41, 5.74) is -0.555. The standard InChI is InChI=1S/C10H14BrNO2/c1-10(2,12(3)4)9(13)8-7(11)5-6-14-8/h5-6H,1-4H3. The molecule has 0 unspecified atom stereocenters. The Morgan fingerprint density at radius 3 is 2.43 bits per heavy atom. The van der Waals surface area contributed by atoms with Crippen molar-refractivity contribution in [3.63, 3.8) is 0 Å². The molecule has 0 radical (unpaired) electrons. The topological polar surface area (TPSA) is 33.5 Å². The van der Waals surface area contributed by atoms with Crippen LogP contribution >= 0.6 is 15.9 Å². The van der Waals surface area contributed by atoms with Gasteiger partial charge >= 0.3 is 0 Å². The number of nitrogens with zero attached hydrogens (tertiary/aromatic N) is 1. The zero-order valence-corrected chi connectivity index (χ0v) is 10.4. The first-order chi connectivity index (χ1) is 6.37.